The summed E-state index contributed by atoms with van der Waals surface area (Å²) in [6, 6.07) is 1.94. The summed E-state index contributed by atoms with van der Waals surface area (Å²) in [6.07, 6.45) is 3.84. The van der Waals surface area contributed by atoms with Gasteiger partial charge in [-0.3, -0.25) is 0 Å². The van der Waals surface area contributed by atoms with Gasteiger partial charge in [0.2, 0.25) is 0 Å². The highest BCUT2D eigenvalue weighted by molar-refractivity contribution is 7.86. The molecule has 1 saturated carbocycles. The standard InChI is InChI=1S/C9H17N3O2S/c1-11(2)15(13,14)12(8-7-10)9-5-3-4-6-9/h9H,3-6,8H2,1-2H3. The first kappa shape index (κ1) is 12.4. The van der Waals surface area contributed by atoms with E-state index in [-0.39, 0.29) is 12.6 Å². The lowest BCUT2D eigenvalue weighted by molar-refractivity contribution is 0.326. The maximum Gasteiger partial charge on any atom is 0.282 e. The molecule has 86 valence electrons. The molecule has 1 fully saturated rings. The third kappa shape index (κ3) is 2.68. The van der Waals surface area contributed by atoms with Crippen LogP contribution in [0.5, 0.6) is 0 Å². The van der Waals surface area contributed by atoms with Gasteiger partial charge in [0.05, 0.1) is 6.07 Å². The highest BCUT2D eigenvalue weighted by atomic mass is 32.2. The van der Waals surface area contributed by atoms with Crippen LogP contribution in [0.4, 0.5) is 0 Å². The first-order valence-electron chi connectivity index (χ1n) is 5.06. The van der Waals surface area contributed by atoms with E-state index in [1.165, 1.54) is 22.7 Å². The summed E-state index contributed by atoms with van der Waals surface area (Å²) in [5, 5.41) is 8.67. The van der Waals surface area contributed by atoms with Gasteiger partial charge in [-0.05, 0) is 12.8 Å². The largest absolute Gasteiger partial charge is 0.282 e. The molecule has 0 saturated heterocycles. The molecule has 1 rings (SSSR count). The van der Waals surface area contributed by atoms with Crippen molar-refractivity contribution in [3.05, 3.63) is 0 Å². The minimum absolute atomic E-state index is 0.0112. The summed E-state index contributed by atoms with van der Waals surface area (Å²) in [5.74, 6) is 0. The second-order valence-corrected chi connectivity index (χ2v) is 6.03. The van der Waals surface area contributed by atoms with Crippen LogP contribution in [-0.4, -0.2) is 43.7 Å². The van der Waals surface area contributed by atoms with Gasteiger partial charge in [-0.15, -0.1) is 0 Å². The van der Waals surface area contributed by atoms with E-state index in [4.69, 9.17) is 5.26 Å². The number of nitriles is 1. The molecule has 15 heavy (non-hydrogen) atoms. The van der Waals surface area contributed by atoms with E-state index >= 15 is 0 Å². The molecule has 0 spiro atoms. The molecule has 0 aromatic rings. The van der Waals surface area contributed by atoms with Crippen molar-refractivity contribution in [2.24, 2.45) is 0 Å². The van der Waals surface area contributed by atoms with Crippen LogP contribution < -0.4 is 0 Å². The Morgan fingerprint density at radius 3 is 2.27 bits per heavy atom. The Kier molecular flexibility index (Phi) is 4.08. The molecule has 5 nitrogen and oxygen atoms in total. The van der Waals surface area contributed by atoms with E-state index in [1.807, 2.05) is 6.07 Å². The van der Waals surface area contributed by atoms with E-state index in [9.17, 15) is 8.42 Å². The normalized spacial score (nSPS) is 18.6. The fourth-order valence-electron chi connectivity index (χ4n) is 1.87. The van der Waals surface area contributed by atoms with Crippen molar-refractivity contribution < 1.29 is 8.42 Å². The molecule has 1 aliphatic carbocycles. The average molecular weight is 231 g/mol. The number of rotatable bonds is 4. The van der Waals surface area contributed by atoms with Crippen molar-refractivity contribution in [3.8, 4) is 6.07 Å². The van der Waals surface area contributed by atoms with Crippen molar-refractivity contribution in [3.63, 3.8) is 0 Å². The molecule has 0 heterocycles. The summed E-state index contributed by atoms with van der Waals surface area (Å²) < 4.78 is 26.3. The zero-order valence-corrected chi connectivity index (χ0v) is 10.00. The Labute approximate surface area is 91.5 Å². The molecule has 0 atom stereocenters. The number of hydrogen-bond donors (Lipinski definition) is 0. The van der Waals surface area contributed by atoms with Crippen molar-refractivity contribution in [1.29, 1.82) is 5.26 Å². The Morgan fingerprint density at radius 2 is 1.87 bits per heavy atom. The van der Waals surface area contributed by atoms with Gasteiger partial charge in [0, 0.05) is 20.1 Å². The van der Waals surface area contributed by atoms with E-state index in [2.05, 4.69) is 0 Å². The third-order valence-corrected chi connectivity index (χ3v) is 4.66. The van der Waals surface area contributed by atoms with Crippen LogP contribution in [0, 0.1) is 11.3 Å². The second kappa shape index (κ2) is 4.92. The number of nitrogens with zero attached hydrogens (tertiary/aromatic N) is 3. The summed E-state index contributed by atoms with van der Waals surface area (Å²) in [7, 11) is -0.451. The highest BCUT2D eigenvalue weighted by Crippen LogP contribution is 2.25. The summed E-state index contributed by atoms with van der Waals surface area (Å²) >= 11 is 0. The molecule has 0 aromatic heterocycles. The van der Waals surface area contributed by atoms with E-state index in [0.717, 1.165) is 25.7 Å². The molecule has 0 N–H and O–H groups in total. The predicted octanol–water partition coefficient (Wildman–Crippen LogP) is 0.561. The van der Waals surface area contributed by atoms with Crippen LogP contribution in [0.1, 0.15) is 25.7 Å². The maximum absolute atomic E-state index is 11.9. The van der Waals surface area contributed by atoms with Gasteiger partial charge in [-0.1, -0.05) is 12.8 Å². The fourth-order valence-corrected chi connectivity index (χ4v) is 3.10. The smallest absolute Gasteiger partial charge is 0.197 e. The van der Waals surface area contributed by atoms with Gasteiger partial charge in [-0.2, -0.15) is 22.3 Å². The molecular formula is C9H17N3O2S. The predicted molar refractivity (Wildman–Crippen MR) is 57.2 cm³/mol. The maximum atomic E-state index is 11.9. The van der Waals surface area contributed by atoms with Gasteiger partial charge in [0.15, 0.2) is 0 Å². The van der Waals surface area contributed by atoms with Gasteiger partial charge in [0.1, 0.15) is 6.54 Å². The van der Waals surface area contributed by atoms with Crippen LogP contribution in [-0.2, 0) is 10.2 Å². The minimum atomic E-state index is -3.44. The topological polar surface area (TPSA) is 64.4 Å². The molecule has 0 amide bonds. The van der Waals surface area contributed by atoms with Gasteiger partial charge in [-0.25, -0.2) is 0 Å². The quantitative estimate of drug-likeness (QED) is 0.664. The lowest BCUT2D eigenvalue weighted by Gasteiger charge is -2.28. The second-order valence-electron chi connectivity index (χ2n) is 3.93. The van der Waals surface area contributed by atoms with Crippen molar-refractivity contribution in [1.82, 2.24) is 8.61 Å². The lowest BCUT2D eigenvalue weighted by atomic mass is 10.2. The molecule has 6 heteroatoms. The monoisotopic (exact) mass is 231 g/mol. The Morgan fingerprint density at radius 1 is 1.33 bits per heavy atom. The zero-order chi connectivity index (χ0) is 11.5. The average Bonchev–Trinajstić information content (AvgIpc) is 2.66. The molecule has 0 aliphatic heterocycles. The zero-order valence-electron chi connectivity index (χ0n) is 9.18. The van der Waals surface area contributed by atoms with E-state index in [0.29, 0.717) is 0 Å². The molecule has 0 radical (unpaired) electrons. The van der Waals surface area contributed by atoms with E-state index < -0.39 is 10.2 Å². The molecule has 0 aromatic carbocycles. The first-order valence-corrected chi connectivity index (χ1v) is 6.46. The van der Waals surface area contributed by atoms with Gasteiger partial charge < -0.3 is 0 Å². The van der Waals surface area contributed by atoms with Crippen LogP contribution in [0.15, 0.2) is 0 Å². The first-order chi connectivity index (χ1) is 7.00. The number of hydrogen-bond acceptors (Lipinski definition) is 3. The third-order valence-electron chi connectivity index (χ3n) is 2.72. The van der Waals surface area contributed by atoms with Gasteiger partial charge in [0.25, 0.3) is 10.2 Å². The SMILES string of the molecule is CN(C)S(=O)(=O)N(CC#N)C1CCCC1. The van der Waals surface area contributed by atoms with Crippen LogP contribution >= 0.6 is 0 Å². The van der Waals surface area contributed by atoms with Crippen molar-refractivity contribution in [2.75, 3.05) is 20.6 Å². The summed E-state index contributed by atoms with van der Waals surface area (Å²) in [4.78, 5) is 0. The summed E-state index contributed by atoms with van der Waals surface area (Å²) in [5.41, 5.74) is 0. The molecular weight excluding hydrogens is 214 g/mol. The Bertz CT molecular complexity index is 339. The summed E-state index contributed by atoms with van der Waals surface area (Å²) in [6.45, 7) is -0.0504. The lowest BCUT2D eigenvalue weighted by Crippen LogP contribution is -2.45. The van der Waals surface area contributed by atoms with Crippen LogP contribution in [0.3, 0.4) is 0 Å². The fraction of sp³-hybridized carbons (Fsp3) is 0.889. The highest BCUT2D eigenvalue weighted by Gasteiger charge is 2.33. The molecule has 1 aliphatic rings. The minimum Gasteiger partial charge on any atom is -0.197 e. The van der Waals surface area contributed by atoms with Crippen LogP contribution in [0.2, 0.25) is 0 Å². The Balaban J connectivity index is 2.87. The van der Waals surface area contributed by atoms with Crippen molar-refractivity contribution in [2.45, 2.75) is 31.7 Å². The molecule has 0 unspecified atom stereocenters. The van der Waals surface area contributed by atoms with Crippen molar-refractivity contribution >= 4 is 10.2 Å². The van der Waals surface area contributed by atoms with Crippen LogP contribution in [0.25, 0.3) is 0 Å². The van der Waals surface area contributed by atoms with E-state index in [1.54, 1.807) is 0 Å². The molecule has 0 bridgehead atoms. The Hall–Kier alpha value is -0.640. The van der Waals surface area contributed by atoms with Gasteiger partial charge >= 0.3 is 0 Å².